The van der Waals surface area contributed by atoms with Crippen LogP contribution in [0.25, 0.3) is 10.6 Å². The quantitative estimate of drug-likeness (QED) is 0.115. The summed E-state index contributed by atoms with van der Waals surface area (Å²) in [6, 6.07) is 23.2. The maximum absolute atomic E-state index is 14.0. The second-order valence-corrected chi connectivity index (χ2v) is 15.0. The van der Waals surface area contributed by atoms with Crippen molar-refractivity contribution in [2.24, 2.45) is 5.41 Å². The minimum absolute atomic E-state index is 0.0594. The number of hydrazine groups is 1. The summed E-state index contributed by atoms with van der Waals surface area (Å²) in [5.41, 5.74) is 5.00. The molecule has 5 N–H and O–H groups in total. The molecule has 1 heterocycles. The number of amides is 3. The first-order valence-corrected chi connectivity index (χ1v) is 18.0. The molecule has 0 unspecified atom stereocenters. The number of carbonyl (C=O) groups is 3. The fourth-order valence-electron chi connectivity index (χ4n) is 6.39. The van der Waals surface area contributed by atoms with Crippen molar-refractivity contribution in [3.05, 3.63) is 113 Å². The van der Waals surface area contributed by atoms with Crippen molar-refractivity contribution in [3.63, 3.8) is 0 Å². The lowest BCUT2D eigenvalue weighted by atomic mass is 9.86. The van der Waals surface area contributed by atoms with Crippen LogP contribution in [0.1, 0.15) is 61.9 Å². The van der Waals surface area contributed by atoms with Gasteiger partial charge in [-0.3, -0.25) is 15.0 Å². The molecule has 1 aromatic heterocycles. The van der Waals surface area contributed by atoms with Gasteiger partial charge in [-0.2, -0.15) is 0 Å². The number of carbonyl (C=O) groups excluding carboxylic acids is 3. The van der Waals surface area contributed by atoms with Gasteiger partial charge in [0.1, 0.15) is 16.7 Å². The Morgan fingerprint density at radius 1 is 1.00 bits per heavy atom. The third kappa shape index (κ3) is 9.79. The highest BCUT2D eigenvalue weighted by Crippen LogP contribution is 2.33. The first-order valence-electron chi connectivity index (χ1n) is 17.1. The standard InChI is InChI=1S/C39H47N5O6S/c1-38(2,3)33(42-37(48)50-4)34(46)43-44(25-27-15-17-28(18-16-27)35-40-20-22-51-35)21-10-19-39(49,24-26-11-6-5-7-12-26)36(47)41-32-30-14-9-8-13-29(30)23-31(32)45/h5-9,11-18,20,22,31-33,45,49H,10,19,21,23-25H2,1-4H3,(H,41,47)(H,42,48)(H,43,46)/t31-,32+,33-,39-/m1/s1. The van der Waals surface area contributed by atoms with Crippen LogP contribution >= 0.6 is 11.3 Å². The third-order valence-electron chi connectivity index (χ3n) is 9.12. The van der Waals surface area contributed by atoms with E-state index in [0.717, 1.165) is 32.8 Å². The van der Waals surface area contributed by atoms with Crippen molar-refractivity contribution in [1.82, 2.24) is 26.1 Å². The van der Waals surface area contributed by atoms with Crippen LogP contribution in [0.2, 0.25) is 0 Å². The van der Waals surface area contributed by atoms with Crippen molar-refractivity contribution in [3.8, 4) is 10.6 Å². The van der Waals surface area contributed by atoms with Crippen LogP contribution in [0.3, 0.4) is 0 Å². The molecule has 1 aliphatic rings. The van der Waals surface area contributed by atoms with E-state index in [1.807, 2.05) is 105 Å². The molecule has 51 heavy (non-hydrogen) atoms. The highest BCUT2D eigenvalue weighted by molar-refractivity contribution is 7.13. The zero-order valence-corrected chi connectivity index (χ0v) is 30.3. The van der Waals surface area contributed by atoms with Crippen molar-refractivity contribution in [1.29, 1.82) is 0 Å². The minimum Gasteiger partial charge on any atom is -0.453 e. The van der Waals surface area contributed by atoms with Crippen molar-refractivity contribution in [2.45, 2.75) is 76.8 Å². The van der Waals surface area contributed by atoms with Gasteiger partial charge in [0.15, 0.2) is 0 Å². The van der Waals surface area contributed by atoms with E-state index in [9.17, 15) is 24.6 Å². The number of methoxy groups -OCH3 is 1. The number of nitrogens with one attached hydrogen (secondary N) is 3. The largest absolute Gasteiger partial charge is 0.453 e. The molecular formula is C39H47N5O6S. The van der Waals surface area contributed by atoms with Gasteiger partial charge in [0, 0.05) is 43.1 Å². The molecular weight excluding hydrogens is 667 g/mol. The molecule has 3 amide bonds. The maximum Gasteiger partial charge on any atom is 0.407 e. The number of aromatic nitrogens is 1. The number of hydrogen-bond acceptors (Lipinski definition) is 9. The van der Waals surface area contributed by atoms with Crippen LogP contribution in [0.15, 0.2) is 90.4 Å². The monoisotopic (exact) mass is 713 g/mol. The Morgan fingerprint density at radius 2 is 1.71 bits per heavy atom. The minimum atomic E-state index is -1.82. The molecule has 5 rings (SSSR count). The van der Waals surface area contributed by atoms with Gasteiger partial charge in [-0.25, -0.2) is 14.8 Å². The Balaban J connectivity index is 1.35. The van der Waals surface area contributed by atoms with Crippen LogP contribution in [-0.4, -0.2) is 69.5 Å². The van der Waals surface area contributed by atoms with Crippen LogP contribution in [-0.2, 0) is 33.7 Å². The molecule has 4 aromatic rings. The average molecular weight is 714 g/mol. The molecule has 270 valence electrons. The van der Waals surface area contributed by atoms with Gasteiger partial charge in [-0.15, -0.1) is 11.3 Å². The average Bonchev–Trinajstić information content (AvgIpc) is 3.75. The Kier molecular flexibility index (Phi) is 12.2. The summed E-state index contributed by atoms with van der Waals surface area (Å²) in [5, 5.41) is 33.1. The third-order valence-corrected chi connectivity index (χ3v) is 9.94. The summed E-state index contributed by atoms with van der Waals surface area (Å²) in [4.78, 5) is 44.2. The van der Waals surface area contributed by atoms with Gasteiger partial charge in [-0.05, 0) is 40.5 Å². The van der Waals surface area contributed by atoms with E-state index in [2.05, 4.69) is 21.0 Å². The van der Waals surface area contributed by atoms with E-state index in [4.69, 9.17) is 4.74 Å². The number of ether oxygens (including phenoxy) is 1. The van der Waals surface area contributed by atoms with Gasteiger partial charge >= 0.3 is 6.09 Å². The number of hydrogen-bond donors (Lipinski definition) is 5. The van der Waals surface area contributed by atoms with Crippen LogP contribution in [0.5, 0.6) is 0 Å². The summed E-state index contributed by atoms with van der Waals surface area (Å²) in [7, 11) is 1.24. The summed E-state index contributed by atoms with van der Waals surface area (Å²) >= 11 is 1.55. The van der Waals surface area contributed by atoms with Gasteiger partial charge in [0.2, 0.25) is 0 Å². The fourth-order valence-corrected chi connectivity index (χ4v) is 7.03. The highest BCUT2D eigenvalue weighted by Gasteiger charge is 2.40. The molecule has 3 aromatic carbocycles. The summed E-state index contributed by atoms with van der Waals surface area (Å²) in [6.07, 6.45) is 1.09. The lowest BCUT2D eigenvalue weighted by Crippen LogP contribution is -2.57. The zero-order chi connectivity index (χ0) is 36.6. The lowest BCUT2D eigenvalue weighted by Gasteiger charge is -2.33. The van der Waals surface area contributed by atoms with E-state index in [1.54, 1.807) is 22.5 Å². The summed E-state index contributed by atoms with van der Waals surface area (Å²) in [5.74, 6) is -1.01. The number of aliphatic hydroxyl groups excluding tert-OH is 1. The second-order valence-electron chi connectivity index (χ2n) is 14.1. The molecule has 1 aliphatic carbocycles. The fraction of sp³-hybridized carbons (Fsp3) is 0.385. The molecule has 0 saturated carbocycles. The van der Waals surface area contributed by atoms with E-state index in [0.29, 0.717) is 19.4 Å². The number of rotatable bonds is 14. The van der Waals surface area contributed by atoms with E-state index < -0.39 is 47.1 Å². The molecule has 4 atom stereocenters. The summed E-state index contributed by atoms with van der Waals surface area (Å²) < 4.78 is 4.79. The predicted octanol–water partition coefficient (Wildman–Crippen LogP) is 4.94. The highest BCUT2D eigenvalue weighted by atomic mass is 32.1. The lowest BCUT2D eigenvalue weighted by molar-refractivity contribution is -0.142. The van der Waals surface area contributed by atoms with Gasteiger partial charge in [0.05, 0.1) is 19.3 Å². The van der Waals surface area contributed by atoms with Crippen LogP contribution < -0.4 is 16.1 Å². The number of alkyl carbamates (subject to hydrolysis) is 1. The van der Waals surface area contributed by atoms with Crippen molar-refractivity contribution < 1.29 is 29.3 Å². The SMILES string of the molecule is COC(=O)N[C@H](C(=O)NN(CCC[C@@](O)(Cc1ccccc1)C(=O)N[C@H]1c2ccccc2C[C@H]1O)Cc1ccc(-c2nccs2)cc1)C(C)(C)C. The van der Waals surface area contributed by atoms with Crippen molar-refractivity contribution in [2.75, 3.05) is 13.7 Å². The Labute approximate surface area is 303 Å². The Morgan fingerprint density at radius 3 is 2.37 bits per heavy atom. The molecule has 12 heteroatoms. The topological polar surface area (TPSA) is 153 Å². The van der Waals surface area contributed by atoms with E-state index in [-0.39, 0.29) is 19.4 Å². The van der Waals surface area contributed by atoms with Gasteiger partial charge < -0.3 is 25.6 Å². The smallest absolute Gasteiger partial charge is 0.407 e. The molecule has 0 fully saturated rings. The van der Waals surface area contributed by atoms with Crippen LogP contribution in [0.4, 0.5) is 4.79 Å². The first kappa shape index (κ1) is 37.6. The Hall–Kier alpha value is -4.62. The number of fused-ring (bicyclic) bond motifs is 1. The molecule has 0 radical (unpaired) electrons. The molecule has 0 bridgehead atoms. The predicted molar refractivity (Wildman–Crippen MR) is 196 cm³/mol. The molecule has 11 nitrogen and oxygen atoms in total. The molecule has 0 spiro atoms. The van der Waals surface area contributed by atoms with E-state index >= 15 is 0 Å². The Bertz CT molecular complexity index is 1760. The van der Waals surface area contributed by atoms with Crippen LogP contribution in [0, 0.1) is 5.41 Å². The zero-order valence-electron chi connectivity index (χ0n) is 29.5. The van der Waals surface area contributed by atoms with Gasteiger partial charge in [0.25, 0.3) is 11.8 Å². The normalized spacial score (nSPS) is 17.2. The van der Waals surface area contributed by atoms with Crippen molar-refractivity contribution >= 4 is 29.2 Å². The van der Waals surface area contributed by atoms with Gasteiger partial charge in [-0.1, -0.05) is 99.6 Å². The number of aliphatic hydroxyl groups is 2. The second kappa shape index (κ2) is 16.6. The number of benzene rings is 3. The number of thiazole rings is 1. The summed E-state index contributed by atoms with van der Waals surface area (Å²) in [6.45, 7) is 6.12. The molecule has 0 saturated heterocycles. The van der Waals surface area contributed by atoms with E-state index in [1.165, 1.54) is 7.11 Å². The first-order chi connectivity index (χ1) is 24.4. The number of nitrogens with zero attached hydrogens (tertiary/aromatic N) is 2. The maximum atomic E-state index is 14.0. The molecule has 0 aliphatic heterocycles.